The average Bonchev–Trinajstić information content (AvgIpc) is 2.48. The molecule has 0 saturated heterocycles. The van der Waals surface area contributed by atoms with Crippen LogP contribution in [0.3, 0.4) is 0 Å². The van der Waals surface area contributed by atoms with Crippen molar-refractivity contribution in [1.82, 2.24) is 9.55 Å². The molecule has 100 valence electrons. The van der Waals surface area contributed by atoms with Gasteiger partial charge in [0.1, 0.15) is 5.82 Å². The number of aromatic nitrogens is 2. The maximum absolute atomic E-state index is 12.7. The summed E-state index contributed by atoms with van der Waals surface area (Å²) in [7, 11) is 0. The Morgan fingerprint density at radius 1 is 1.10 bits per heavy atom. The molecular formula is C16H13ClN2O. The maximum Gasteiger partial charge on any atom is 0.265 e. The Morgan fingerprint density at radius 2 is 1.80 bits per heavy atom. The van der Waals surface area contributed by atoms with E-state index >= 15 is 0 Å². The molecule has 2 aromatic carbocycles. The molecule has 0 spiro atoms. The van der Waals surface area contributed by atoms with Gasteiger partial charge in [0.2, 0.25) is 0 Å². The van der Waals surface area contributed by atoms with Crippen molar-refractivity contribution < 1.29 is 0 Å². The lowest BCUT2D eigenvalue weighted by atomic mass is 10.2. The van der Waals surface area contributed by atoms with Gasteiger partial charge in [-0.05, 0) is 36.4 Å². The van der Waals surface area contributed by atoms with Crippen LogP contribution in [-0.4, -0.2) is 9.55 Å². The van der Waals surface area contributed by atoms with E-state index in [1.54, 1.807) is 22.8 Å². The van der Waals surface area contributed by atoms with Crippen LogP contribution in [-0.2, 0) is 6.42 Å². The zero-order valence-corrected chi connectivity index (χ0v) is 11.8. The van der Waals surface area contributed by atoms with Gasteiger partial charge in [0.25, 0.3) is 5.56 Å². The highest BCUT2D eigenvalue weighted by atomic mass is 35.5. The second kappa shape index (κ2) is 5.10. The summed E-state index contributed by atoms with van der Waals surface area (Å²) in [4.78, 5) is 17.3. The standard InChI is InChI=1S/C16H13ClN2O/c1-2-15-18-14-6-4-3-5-13(14)16(20)19(15)12-9-7-11(17)8-10-12/h3-10H,2H2,1H3. The third-order valence-corrected chi connectivity index (χ3v) is 3.50. The van der Waals surface area contributed by atoms with Gasteiger partial charge in [-0.25, -0.2) is 4.98 Å². The van der Waals surface area contributed by atoms with Crippen LogP contribution in [0.1, 0.15) is 12.7 Å². The lowest BCUT2D eigenvalue weighted by molar-refractivity contribution is 0.833. The first-order valence-corrected chi connectivity index (χ1v) is 6.85. The quantitative estimate of drug-likeness (QED) is 0.721. The van der Waals surface area contributed by atoms with Gasteiger partial charge in [-0.15, -0.1) is 0 Å². The van der Waals surface area contributed by atoms with Crippen LogP contribution in [0.2, 0.25) is 5.02 Å². The Balaban J connectivity index is 2.36. The zero-order chi connectivity index (χ0) is 14.1. The molecule has 0 aliphatic rings. The van der Waals surface area contributed by atoms with Crippen molar-refractivity contribution in [3.63, 3.8) is 0 Å². The largest absolute Gasteiger partial charge is 0.268 e. The van der Waals surface area contributed by atoms with Crippen molar-refractivity contribution >= 4 is 22.5 Å². The normalized spacial score (nSPS) is 10.9. The second-order valence-corrected chi connectivity index (χ2v) is 4.95. The van der Waals surface area contributed by atoms with Crippen molar-refractivity contribution in [3.05, 3.63) is 69.7 Å². The molecule has 0 atom stereocenters. The Bertz CT molecular complexity index is 822. The molecule has 0 N–H and O–H groups in total. The number of halogens is 1. The van der Waals surface area contributed by atoms with E-state index in [2.05, 4.69) is 4.98 Å². The van der Waals surface area contributed by atoms with Gasteiger partial charge < -0.3 is 0 Å². The van der Waals surface area contributed by atoms with Gasteiger partial charge in [-0.1, -0.05) is 30.7 Å². The predicted octanol–water partition coefficient (Wildman–Crippen LogP) is 3.60. The number of fused-ring (bicyclic) bond motifs is 1. The van der Waals surface area contributed by atoms with Crippen molar-refractivity contribution in [2.75, 3.05) is 0 Å². The van der Waals surface area contributed by atoms with Crippen LogP contribution in [0.4, 0.5) is 0 Å². The van der Waals surface area contributed by atoms with Crippen LogP contribution >= 0.6 is 11.6 Å². The molecule has 3 aromatic rings. The number of hydrogen-bond acceptors (Lipinski definition) is 2. The van der Waals surface area contributed by atoms with Crippen molar-refractivity contribution in [3.8, 4) is 5.69 Å². The summed E-state index contributed by atoms with van der Waals surface area (Å²) in [6, 6.07) is 14.6. The smallest absolute Gasteiger partial charge is 0.265 e. The number of benzene rings is 2. The molecule has 0 fully saturated rings. The van der Waals surface area contributed by atoms with E-state index in [0.717, 1.165) is 17.0 Å². The van der Waals surface area contributed by atoms with E-state index in [4.69, 9.17) is 11.6 Å². The minimum Gasteiger partial charge on any atom is -0.268 e. The molecule has 0 saturated carbocycles. The summed E-state index contributed by atoms with van der Waals surface area (Å²) < 4.78 is 1.65. The van der Waals surface area contributed by atoms with Gasteiger partial charge >= 0.3 is 0 Å². The topological polar surface area (TPSA) is 34.9 Å². The fourth-order valence-electron chi connectivity index (χ4n) is 2.27. The van der Waals surface area contributed by atoms with E-state index in [1.807, 2.05) is 37.3 Å². The SMILES string of the molecule is CCc1nc2ccccc2c(=O)n1-c1ccc(Cl)cc1. The van der Waals surface area contributed by atoms with Gasteiger partial charge in [-0.2, -0.15) is 0 Å². The summed E-state index contributed by atoms with van der Waals surface area (Å²) in [6.07, 6.45) is 0.683. The Kier molecular flexibility index (Phi) is 3.28. The first kappa shape index (κ1) is 12.9. The molecule has 0 radical (unpaired) electrons. The van der Waals surface area contributed by atoms with Crippen LogP contribution in [0.25, 0.3) is 16.6 Å². The second-order valence-electron chi connectivity index (χ2n) is 4.52. The molecule has 4 heteroatoms. The van der Waals surface area contributed by atoms with Crippen molar-refractivity contribution in [2.24, 2.45) is 0 Å². The zero-order valence-electron chi connectivity index (χ0n) is 11.0. The Labute approximate surface area is 121 Å². The highest BCUT2D eigenvalue weighted by Gasteiger charge is 2.10. The maximum atomic E-state index is 12.7. The molecule has 0 unspecified atom stereocenters. The summed E-state index contributed by atoms with van der Waals surface area (Å²) in [5.41, 5.74) is 1.48. The number of rotatable bonds is 2. The number of aryl methyl sites for hydroxylation is 1. The van der Waals surface area contributed by atoms with E-state index in [-0.39, 0.29) is 5.56 Å². The summed E-state index contributed by atoms with van der Waals surface area (Å²) in [5.74, 6) is 0.746. The van der Waals surface area contributed by atoms with Gasteiger partial charge in [0, 0.05) is 11.4 Å². The molecule has 1 aromatic heterocycles. The molecule has 20 heavy (non-hydrogen) atoms. The van der Waals surface area contributed by atoms with Crippen LogP contribution in [0, 0.1) is 0 Å². The molecular weight excluding hydrogens is 272 g/mol. The predicted molar refractivity (Wildman–Crippen MR) is 81.7 cm³/mol. The molecule has 0 bridgehead atoms. The minimum atomic E-state index is -0.0465. The number of nitrogens with zero attached hydrogens (tertiary/aromatic N) is 2. The Morgan fingerprint density at radius 3 is 2.50 bits per heavy atom. The highest BCUT2D eigenvalue weighted by Crippen LogP contribution is 2.16. The van der Waals surface area contributed by atoms with Crippen molar-refractivity contribution in [1.29, 1.82) is 0 Å². The molecule has 3 rings (SSSR count). The summed E-state index contributed by atoms with van der Waals surface area (Å²) in [6.45, 7) is 1.99. The Hall–Kier alpha value is -2.13. The van der Waals surface area contributed by atoms with E-state index in [9.17, 15) is 4.79 Å². The van der Waals surface area contributed by atoms with Gasteiger partial charge in [0.15, 0.2) is 0 Å². The fourth-order valence-corrected chi connectivity index (χ4v) is 2.40. The fraction of sp³-hybridized carbons (Fsp3) is 0.125. The lowest BCUT2D eigenvalue weighted by Gasteiger charge is -2.12. The lowest BCUT2D eigenvalue weighted by Crippen LogP contribution is -2.23. The highest BCUT2D eigenvalue weighted by molar-refractivity contribution is 6.30. The summed E-state index contributed by atoms with van der Waals surface area (Å²) >= 11 is 5.90. The van der Waals surface area contributed by atoms with E-state index in [0.29, 0.717) is 16.8 Å². The van der Waals surface area contributed by atoms with Crippen LogP contribution in [0.5, 0.6) is 0 Å². The van der Waals surface area contributed by atoms with Gasteiger partial charge in [-0.3, -0.25) is 9.36 Å². The van der Waals surface area contributed by atoms with Gasteiger partial charge in [0.05, 0.1) is 16.6 Å². The first-order chi connectivity index (χ1) is 9.70. The summed E-state index contributed by atoms with van der Waals surface area (Å²) in [5, 5.41) is 1.27. The molecule has 0 aliphatic carbocycles. The molecule has 3 nitrogen and oxygen atoms in total. The minimum absolute atomic E-state index is 0.0465. The monoisotopic (exact) mass is 284 g/mol. The van der Waals surface area contributed by atoms with Crippen LogP contribution in [0.15, 0.2) is 53.3 Å². The number of hydrogen-bond donors (Lipinski definition) is 0. The third-order valence-electron chi connectivity index (χ3n) is 3.25. The first-order valence-electron chi connectivity index (χ1n) is 6.47. The average molecular weight is 285 g/mol. The van der Waals surface area contributed by atoms with Crippen LogP contribution < -0.4 is 5.56 Å². The van der Waals surface area contributed by atoms with Crippen molar-refractivity contribution in [2.45, 2.75) is 13.3 Å². The molecule has 0 amide bonds. The van der Waals surface area contributed by atoms with E-state index < -0.39 is 0 Å². The molecule has 1 heterocycles. The number of para-hydroxylation sites is 1. The van der Waals surface area contributed by atoms with E-state index in [1.165, 1.54) is 0 Å². The third kappa shape index (κ3) is 2.10. The molecule has 0 aliphatic heterocycles.